The quantitative estimate of drug-likeness (QED) is 0.0497. The van der Waals surface area contributed by atoms with Gasteiger partial charge in [0, 0.05) is 24.9 Å². The minimum Gasteiger partial charge on any atom is -0.489 e. The summed E-state index contributed by atoms with van der Waals surface area (Å²) in [7, 11) is -8.35. The Morgan fingerprint density at radius 1 is 0.592 bits per heavy atom. The number of hydrogen-bond donors (Lipinski definition) is 3. The van der Waals surface area contributed by atoms with Crippen molar-refractivity contribution >= 4 is 31.9 Å². The van der Waals surface area contributed by atoms with Crippen LogP contribution in [0.5, 0.6) is 17.2 Å². The average molecular weight is 736 g/mol. The lowest BCUT2D eigenvalue weighted by Gasteiger charge is -2.18. The van der Waals surface area contributed by atoms with Gasteiger partial charge < -0.3 is 19.5 Å². The van der Waals surface area contributed by atoms with Gasteiger partial charge in [0.1, 0.15) is 5.78 Å². The summed E-state index contributed by atoms with van der Waals surface area (Å²) >= 11 is 0. The van der Waals surface area contributed by atoms with E-state index in [1.807, 2.05) is 6.92 Å². The molecule has 0 aromatic heterocycles. The number of ether oxygens (including phenoxy) is 3. The zero-order valence-electron chi connectivity index (χ0n) is 29.7. The number of Topliss-reactive ketones (excluding diaryl/α,β-unsaturated/α-hetero) is 1. The molecule has 0 fully saturated rings. The molecule has 1 amide bonds. The summed E-state index contributed by atoms with van der Waals surface area (Å²) in [6.07, 6.45) is 17.3. The van der Waals surface area contributed by atoms with Crippen LogP contribution in [0.3, 0.4) is 0 Å². The Morgan fingerprint density at radius 3 is 1.49 bits per heavy atom. The van der Waals surface area contributed by atoms with Crippen molar-refractivity contribution < 1.29 is 49.7 Å². The molecule has 14 heteroatoms. The number of ketones is 1. The molecule has 0 aliphatic heterocycles. The van der Waals surface area contributed by atoms with Crippen LogP contribution in [0.4, 0.5) is 0 Å². The molecule has 1 rings (SSSR count). The molecule has 0 radical (unpaired) electrons. The van der Waals surface area contributed by atoms with Crippen molar-refractivity contribution in [2.24, 2.45) is 0 Å². The summed E-state index contributed by atoms with van der Waals surface area (Å²) < 4.78 is 80.1. The van der Waals surface area contributed by atoms with Gasteiger partial charge in [0.05, 0.1) is 31.3 Å². The van der Waals surface area contributed by atoms with Gasteiger partial charge in [-0.05, 0) is 50.7 Å². The lowest BCUT2D eigenvalue weighted by molar-refractivity contribution is -0.119. The predicted octanol–water partition coefficient (Wildman–Crippen LogP) is 7.35. The van der Waals surface area contributed by atoms with Crippen LogP contribution in [0.1, 0.15) is 146 Å². The Hall–Kier alpha value is -2.42. The lowest BCUT2D eigenvalue weighted by Crippen LogP contribution is -2.24. The van der Waals surface area contributed by atoms with Crippen molar-refractivity contribution in [3.05, 3.63) is 17.7 Å². The summed E-state index contributed by atoms with van der Waals surface area (Å²) in [6.45, 7) is 4.72. The fourth-order valence-corrected chi connectivity index (χ4v) is 6.04. The summed E-state index contributed by atoms with van der Waals surface area (Å²) in [5.74, 6) is -0.455. The lowest BCUT2D eigenvalue weighted by atomic mass is 10.0. The van der Waals surface area contributed by atoms with Crippen LogP contribution in [0.25, 0.3) is 0 Å². The number of nitrogens with one attached hydrogen (secondary N) is 1. The third-order valence-electron chi connectivity index (χ3n) is 7.86. The van der Waals surface area contributed by atoms with Crippen molar-refractivity contribution in [3.63, 3.8) is 0 Å². The van der Waals surface area contributed by atoms with Crippen LogP contribution in [-0.4, -0.2) is 75.5 Å². The minimum absolute atomic E-state index is 0.00334. The summed E-state index contributed by atoms with van der Waals surface area (Å²) in [5.41, 5.74) is 0.223. The largest absolute Gasteiger partial charge is 0.489 e. The van der Waals surface area contributed by atoms with Gasteiger partial charge in [-0.25, -0.2) is 0 Å². The van der Waals surface area contributed by atoms with E-state index in [9.17, 15) is 26.4 Å². The van der Waals surface area contributed by atoms with Gasteiger partial charge in [-0.2, -0.15) is 16.8 Å². The minimum atomic E-state index is -4.17. The highest BCUT2D eigenvalue weighted by molar-refractivity contribution is 7.86. The van der Waals surface area contributed by atoms with E-state index < -0.39 is 31.7 Å². The van der Waals surface area contributed by atoms with Crippen molar-refractivity contribution in [1.82, 2.24) is 5.32 Å². The van der Waals surface area contributed by atoms with E-state index in [0.29, 0.717) is 18.9 Å². The molecule has 49 heavy (non-hydrogen) atoms. The maximum Gasteiger partial charge on any atom is 0.264 e. The molecule has 0 saturated heterocycles. The van der Waals surface area contributed by atoms with Crippen LogP contribution >= 0.6 is 0 Å². The fraction of sp³-hybridized carbons (Fsp3) is 0.771. The fourth-order valence-electron chi connectivity index (χ4n) is 5.07. The highest BCUT2D eigenvalue weighted by Crippen LogP contribution is 2.39. The molecule has 0 unspecified atom stereocenters. The summed E-state index contributed by atoms with van der Waals surface area (Å²) in [4.78, 5) is 24.8. The highest BCUT2D eigenvalue weighted by Gasteiger charge is 2.20. The van der Waals surface area contributed by atoms with Crippen LogP contribution in [0.15, 0.2) is 12.1 Å². The third kappa shape index (κ3) is 24.4. The Bertz CT molecular complexity index is 1220. The maximum atomic E-state index is 13.1. The van der Waals surface area contributed by atoms with Gasteiger partial charge in [-0.3, -0.25) is 18.7 Å². The Labute approximate surface area is 294 Å². The monoisotopic (exact) mass is 735 g/mol. The molecule has 1 aromatic rings. The highest BCUT2D eigenvalue weighted by atomic mass is 32.2. The topological polar surface area (TPSA) is 183 Å². The van der Waals surface area contributed by atoms with Crippen LogP contribution < -0.4 is 19.5 Å². The van der Waals surface area contributed by atoms with E-state index >= 15 is 0 Å². The Morgan fingerprint density at radius 2 is 1.02 bits per heavy atom. The molecule has 12 nitrogen and oxygen atoms in total. The van der Waals surface area contributed by atoms with Crippen molar-refractivity contribution in [1.29, 1.82) is 0 Å². The van der Waals surface area contributed by atoms with Crippen molar-refractivity contribution in [3.8, 4) is 17.2 Å². The number of unbranched alkanes of at least 4 members (excludes halogenated alkanes) is 12. The number of carbonyl (C=O) groups is 2. The first-order valence-electron chi connectivity index (χ1n) is 18.1. The Balaban J connectivity index is 2.59. The predicted molar refractivity (Wildman–Crippen MR) is 192 cm³/mol. The number of benzene rings is 1. The standard InChI is InChI=1S/C35H61NO11S2/c1-3-5-20-31(37)21-16-14-12-10-8-7-9-11-13-15-17-22-36-35(38)30-28-32(45-24-18-26-48(39,40)41)34(47-23-6-4-2)33(29-30)46-25-19-27-49(42,43)44/h28-29H,3-27H2,1-2H3,(H,36,38)(H,39,40,41)(H,42,43,44). The number of carbonyl (C=O) groups excluding carboxylic acids is 2. The zero-order valence-corrected chi connectivity index (χ0v) is 31.4. The summed E-state index contributed by atoms with van der Waals surface area (Å²) in [6, 6.07) is 2.98. The van der Waals surface area contributed by atoms with E-state index in [1.54, 1.807) is 0 Å². The molecule has 3 N–H and O–H groups in total. The van der Waals surface area contributed by atoms with E-state index in [4.69, 9.17) is 23.3 Å². The first-order chi connectivity index (χ1) is 23.4. The second-order valence-corrected chi connectivity index (χ2v) is 15.7. The van der Waals surface area contributed by atoms with Gasteiger partial charge in [0.25, 0.3) is 26.1 Å². The third-order valence-corrected chi connectivity index (χ3v) is 9.47. The molecule has 0 heterocycles. The molecule has 1 aromatic carbocycles. The molecule has 0 atom stereocenters. The smallest absolute Gasteiger partial charge is 0.264 e. The maximum absolute atomic E-state index is 13.1. The van der Waals surface area contributed by atoms with Gasteiger partial charge in [-0.15, -0.1) is 0 Å². The second-order valence-electron chi connectivity index (χ2n) is 12.5. The van der Waals surface area contributed by atoms with Gasteiger partial charge >= 0.3 is 0 Å². The van der Waals surface area contributed by atoms with Gasteiger partial charge in [-0.1, -0.05) is 84.5 Å². The molecule has 0 bridgehead atoms. The molecule has 0 aliphatic carbocycles. The summed E-state index contributed by atoms with van der Waals surface area (Å²) in [5, 5.41) is 2.92. The molecule has 0 aliphatic rings. The first-order valence-corrected chi connectivity index (χ1v) is 21.3. The first kappa shape index (κ1) is 44.6. The molecular weight excluding hydrogens is 675 g/mol. The average Bonchev–Trinajstić information content (AvgIpc) is 3.03. The number of rotatable bonds is 32. The van der Waals surface area contributed by atoms with E-state index in [2.05, 4.69) is 12.2 Å². The normalized spacial score (nSPS) is 11.8. The molecule has 0 saturated carbocycles. The van der Waals surface area contributed by atoms with Crippen LogP contribution in [0, 0.1) is 0 Å². The second kappa shape index (κ2) is 26.4. The van der Waals surface area contributed by atoms with E-state index in [0.717, 1.165) is 77.0 Å². The van der Waals surface area contributed by atoms with E-state index in [-0.39, 0.29) is 54.8 Å². The van der Waals surface area contributed by atoms with Crippen molar-refractivity contribution in [2.75, 3.05) is 37.9 Å². The van der Waals surface area contributed by atoms with E-state index in [1.165, 1.54) is 44.2 Å². The molecule has 0 spiro atoms. The van der Waals surface area contributed by atoms with Gasteiger partial charge in [0.2, 0.25) is 5.75 Å². The van der Waals surface area contributed by atoms with Crippen LogP contribution in [-0.2, 0) is 25.0 Å². The molecular formula is C35H61NO11S2. The van der Waals surface area contributed by atoms with Crippen LogP contribution in [0.2, 0.25) is 0 Å². The Kier molecular flexibility index (Phi) is 24.0. The SMILES string of the molecule is CCCCOc1c(OCCCS(=O)(=O)O)cc(C(=O)NCCCCCCCCCCCCCC(=O)CCCC)cc1OCCCS(=O)(=O)O. The van der Waals surface area contributed by atoms with Gasteiger partial charge in [0.15, 0.2) is 11.5 Å². The zero-order chi connectivity index (χ0) is 36.4. The number of hydrogen-bond acceptors (Lipinski definition) is 9. The number of amides is 1. The molecule has 284 valence electrons. The van der Waals surface area contributed by atoms with Crippen molar-refractivity contribution in [2.45, 2.75) is 136 Å².